The van der Waals surface area contributed by atoms with Gasteiger partial charge in [-0.1, -0.05) is 18.0 Å². The summed E-state index contributed by atoms with van der Waals surface area (Å²) in [7, 11) is 0. The predicted molar refractivity (Wildman–Crippen MR) is 75.5 cm³/mol. The molecular formula is C13H15ClN2OS. The van der Waals surface area contributed by atoms with E-state index in [0.717, 1.165) is 30.9 Å². The highest BCUT2D eigenvalue weighted by atomic mass is 35.5. The number of piperidine rings is 1. The minimum atomic E-state index is 0.526. The van der Waals surface area contributed by atoms with Crippen molar-refractivity contribution in [2.24, 2.45) is 0 Å². The molecule has 18 heavy (non-hydrogen) atoms. The topological polar surface area (TPSA) is 21.3 Å². The number of fused-ring (bicyclic) bond motifs is 1. The third-order valence-corrected chi connectivity index (χ3v) is 3.96. The van der Waals surface area contributed by atoms with E-state index in [1.165, 1.54) is 19.3 Å². The molecule has 0 saturated carbocycles. The normalized spacial score (nSPS) is 17.4. The Morgan fingerprint density at radius 1 is 1.22 bits per heavy atom. The van der Waals surface area contributed by atoms with Crippen LogP contribution in [0.2, 0.25) is 5.02 Å². The number of halogens is 1. The van der Waals surface area contributed by atoms with Gasteiger partial charge in [0.05, 0.1) is 12.2 Å². The van der Waals surface area contributed by atoms with Crippen LogP contribution < -0.4 is 0 Å². The van der Waals surface area contributed by atoms with Gasteiger partial charge in [-0.15, -0.1) is 0 Å². The Kier molecular flexibility index (Phi) is 3.41. The van der Waals surface area contributed by atoms with Crippen LogP contribution in [0.25, 0.3) is 11.1 Å². The second-order valence-electron chi connectivity index (χ2n) is 4.73. The molecule has 0 atom stereocenters. The van der Waals surface area contributed by atoms with Crippen molar-refractivity contribution < 1.29 is 4.42 Å². The molecule has 5 heteroatoms. The fourth-order valence-corrected chi connectivity index (χ4v) is 2.88. The first-order chi connectivity index (χ1) is 8.74. The van der Waals surface area contributed by atoms with Crippen molar-refractivity contribution in [2.75, 3.05) is 13.1 Å². The van der Waals surface area contributed by atoms with Crippen LogP contribution in [0.4, 0.5) is 0 Å². The van der Waals surface area contributed by atoms with Gasteiger partial charge in [-0.05, 0) is 50.3 Å². The lowest BCUT2D eigenvalue weighted by Crippen LogP contribution is -2.31. The van der Waals surface area contributed by atoms with Crippen LogP contribution in [-0.2, 0) is 6.67 Å². The number of oxazole rings is 1. The molecule has 3 rings (SSSR count). The zero-order chi connectivity index (χ0) is 12.5. The summed E-state index contributed by atoms with van der Waals surface area (Å²) in [6, 6.07) is 5.67. The third-order valence-electron chi connectivity index (χ3n) is 3.42. The standard InChI is InChI=1S/C13H15ClN2OS/c14-10-4-5-11-12(8-10)17-13(18)16(11)9-15-6-2-1-3-7-15/h4-5,8H,1-3,6-7,9H2. The summed E-state index contributed by atoms with van der Waals surface area (Å²) in [6.45, 7) is 3.09. The summed E-state index contributed by atoms with van der Waals surface area (Å²) in [6.07, 6.45) is 3.88. The lowest BCUT2D eigenvalue weighted by molar-refractivity contribution is 0.181. The molecule has 2 aromatic rings. The van der Waals surface area contributed by atoms with Gasteiger partial charge in [-0.25, -0.2) is 0 Å². The summed E-state index contributed by atoms with van der Waals surface area (Å²) in [5, 5.41) is 0.677. The number of benzene rings is 1. The lowest BCUT2D eigenvalue weighted by atomic mass is 10.1. The van der Waals surface area contributed by atoms with Gasteiger partial charge in [0.15, 0.2) is 5.58 Å². The molecule has 0 bridgehead atoms. The molecule has 1 aliphatic heterocycles. The van der Waals surface area contributed by atoms with E-state index in [1.54, 1.807) is 0 Å². The van der Waals surface area contributed by atoms with E-state index in [4.69, 9.17) is 28.2 Å². The van der Waals surface area contributed by atoms with Crippen LogP contribution in [0.3, 0.4) is 0 Å². The monoisotopic (exact) mass is 282 g/mol. The minimum Gasteiger partial charge on any atom is -0.429 e. The molecule has 1 aromatic heterocycles. The van der Waals surface area contributed by atoms with Gasteiger partial charge in [0, 0.05) is 11.1 Å². The molecule has 96 valence electrons. The predicted octanol–water partition coefficient (Wildman–Crippen LogP) is 4.06. The number of nitrogens with zero attached hydrogens (tertiary/aromatic N) is 2. The summed E-state index contributed by atoms with van der Waals surface area (Å²) in [5.41, 5.74) is 1.79. The van der Waals surface area contributed by atoms with Gasteiger partial charge < -0.3 is 4.42 Å². The fraction of sp³-hybridized carbons (Fsp3) is 0.462. The van der Waals surface area contributed by atoms with Gasteiger partial charge in [0.2, 0.25) is 0 Å². The number of likely N-dealkylation sites (tertiary alicyclic amines) is 1. The molecule has 0 spiro atoms. The molecule has 0 amide bonds. The Morgan fingerprint density at radius 2 is 2.00 bits per heavy atom. The average Bonchev–Trinajstić information content (AvgIpc) is 2.66. The SMILES string of the molecule is S=c1oc2cc(Cl)ccc2n1CN1CCCCC1. The van der Waals surface area contributed by atoms with Crippen LogP contribution in [0.5, 0.6) is 0 Å². The van der Waals surface area contributed by atoms with Crippen LogP contribution in [-0.4, -0.2) is 22.6 Å². The maximum absolute atomic E-state index is 5.96. The Balaban J connectivity index is 1.95. The minimum absolute atomic E-state index is 0.526. The number of rotatable bonds is 2. The lowest BCUT2D eigenvalue weighted by Gasteiger charge is -2.26. The largest absolute Gasteiger partial charge is 0.429 e. The zero-order valence-electron chi connectivity index (χ0n) is 10.1. The van der Waals surface area contributed by atoms with Crippen LogP contribution in [0, 0.1) is 4.84 Å². The molecule has 0 N–H and O–H groups in total. The zero-order valence-corrected chi connectivity index (χ0v) is 11.6. The van der Waals surface area contributed by atoms with Crippen molar-refractivity contribution in [3.05, 3.63) is 28.1 Å². The maximum atomic E-state index is 5.96. The Hall–Kier alpha value is -0.840. The first kappa shape index (κ1) is 12.2. The van der Waals surface area contributed by atoms with Crippen molar-refractivity contribution in [1.29, 1.82) is 0 Å². The Labute approximate surface area is 116 Å². The van der Waals surface area contributed by atoms with Gasteiger partial charge in [-0.3, -0.25) is 9.47 Å². The average molecular weight is 283 g/mol. The van der Waals surface area contributed by atoms with Crippen molar-refractivity contribution >= 4 is 34.9 Å². The molecule has 1 saturated heterocycles. The highest BCUT2D eigenvalue weighted by Crippen LogP contribution is 2.22. The summed E-state index contributed by atoms with van der Waals surface area (Å²) in [4.78, 5) is 2.95. The molecule has 1 aromatic carbocycles. The van der Waals surface area contributed by atoms with E-state index in [-0.39, 0.29) is 0 Å². The van der Waals surface area contributed by atoms with Crippen LogP contribution in [0.15, 0.2) is 22.6 Å². The van der Waals surface area contributed by atoms with E-state index in [9.17, 15) is 0 Å². The fourth-order valence-electron chi connectivity index (χ4n) is 2.47. The molecule has 0 unspecified atom stereocenters. The quantitative estimate of drug-likeness (QED) is 0.775. The van der Waals surface area contributed by atoms with E-state index >= 15 is 0 Å². The smallest absolute Gasteiger partial charge is 0.270 e. The van der Waals surface area contributed by atoms with Gasteiger partial charge >= 0.3 is 0 Å². The second-order valence-corrected chi connectivity index (χ2v) is 5.51. The van der Waals surface area contributed by atoms with Crippen molar-refractivity contribution in [3.63, 3.8) is 0 Å². The van der Waals surface area contributed by atoms with Gasteiger partial charge in [-0.2, -0.15) is 0 Å². The summed E-state index contributed by atoms with van der Waals surface area (Å²) < 4.78 is 7.64. The van der Waals surface area contributed by atoms with Crippen LogP contribution in [0.1, 0.15) is 19.3 Å². The first-order valence-electron chi connectivity index (χ1n) is 6.25. The van der Waals surface area contributed by atoms with Gasteiger partial charge in [0.25, 0.3) is 4.84 Å². The number of hydrogen-bond acceptors (Lipinski definition) is 3. The highest BCUT2D eigenvalue weighted by molar-refractivity contribution is 7.71. The van der Waals surface area contributed by atoms with Crippen molar-refractivity contribution in [3.8, 4) is 0 Å². The highest BCUT2D eigenvalue weighted by Gasteiger charge is 2.13. The molecule has 3 nitrogen and oxygen atoms in total. The molecule has 0 aliphatic carbocycles. The van der Waals surface area contributed by atoms with Crippen molar-refractivity contribution in [1.82, 2.24) is 9.47 Å². The Bertz CT molecular complexity index is 613. The summed E-state index contributed by atoms with van der Waals surface area (Å²) >= 11 is 11.2. The number of hydrogen-bond donors (Lipinski definition) is 0. The second kappa shape index (κ2) is 5.03. The first-order valence-corrected chi connectivity index (χ1v) is 7.04. The molecular weight excluding hydrogens is 268 g/mol. The van der Waals surface area contributed by atoms with Gasteiger partial charge in [0.1, 0.15) is 0 Å². The van der Waals surface area contributed by atoms with Crippen LogP contribution >= 0.6 is 23.8 Å². The molecule has 0 radical (unpaired) electrons. The third kappa shape index (κ3) is 2.32. The van der Waals surface area contributed by atoms with E-state index in [1.807, 2.05) is 22.8 Å². The summed E-state index contributed by atoms with van der Waals surface area (Å²) in [5.74, 6) is 0. The number of aromatic nitrogens is 1. The van der Waals surface area contributed by atoms with E-state index in [2.05, 4.69) is 4.90 Å². The Morgan fingerprint density at radius 3 is 2.78 bits per heavy atom. The van der Waals surface area contributed by atoms with E-state index < -0.39 is 0 Å². The molecule has 2 heterocycles. The maximum Gasteiger partial charge on any atom is 0.270 e. The van der Waals surface area contributed by atoms with E-state index in [0.29, 0.717) is 9.86 Å². The molecule has 1 fully saturated rings. The molecule has 1 aliphatic rings. The van der Waals surface area contributed by atoms with Crippen molar-refractivity contribution in [2.45, 2.75) is 25.9 Å².